The Kier molecular flexibility index (Phi) is 65.6. The lowest BCUT2D eigenvalue weighted by molar-refractivity contribution is -0.870. The highest BCUT2D eigenvalue weighted by Gasteiger charge is 2.22. The lowest BCUT2D eigenvalue weighted by atomic mass is 10.0. The molecule has 2 atom stereocenters. The normalized spacial score (nSPS) is 13.2. The van der Waals surface area contributed by atoms with Crippen LogP contribution in [0.1, 0.15) is 335 Å². The maximum atomic E-state index is 12.9. The van der Waals surface area contributed by atoms with Gasteiger partial charge in [0.05, 0.1) is 40.3 Å². The van der Waals surface area contributed by atoms with E-state index in [1.54, 1.807) is 0 Å². The molecule has 0 saturated heterocycles. The van der Waals surface area contributed by atoms with Crippen LogP contribution in [0.4, 0.5) is 0 Å². The average molecular weight is 1220 g/mol. The van der Waals surface area contributed by atoms with Crippen LogP contribution in [0.2, 0.25) is 0 Å². The molecule has 9 nitrogen and oxygen atoms in total. The van der Waals surface area contributed by atoms with Crippen molar-refractivity contribution in [3.63, 3.8) is 0 Å². The number of likely N-dealkylation sites (N-methyl/N-ethyl adjacent to an activating group) is 1. The van der Waals surface area contributed by atoms with Gasteiger partial charge in [-0.05, 0) is 89.9 Å². The molecule has 0 amide bonds. The molecule has 0 aromatic carbocycles. The SMILES string of the molecule is CC/C=C\C/C=C\C/C=C\C/C=C\C/C=C\C/C=C\CCCCCCCCCCC(=O)OC(COC(=O)CCCCCCCCCCCCCCCCCCCCCCCCC/C=C\CCCCCCCCCC)COC(OCC[N+](C)(C)C)C(=O)[O-]. The smallest absolute Gasteiger partial charge is 0.306 e. The number of unbranched alkanes of at least 4 members (excludes halogenated alkanes) is 39. The van der Waals surface area contributed by atoms with Crippen molar-refractivity contribution in [2.24, 2.45) is 0 Å². The molecule has 0 radical (unpaired) electrons. The topological polar surface area (TPSA) is 111 Å². The Morgan fingerprint density at radius 3 is 0.989 bits per heavy atom. The predicted octanol–water partition coefficient (Wildman–Crippen LogP) is 21.7. The molecule has 504 valence electrons. The third kappa shape index (κ3) is 69.8. The fraction of sp³-hybridized carbons (Fsp3) is 0.782. The minimum atomic E-state index is -1.63. The van der Waals surface area contributed by atoms with Crippen LogP contribution in [-0.2, 0) is 33.3 Å². The average Bonchev–Trinajstić information content (AvgIpc) is 3.56. The lowest BCUT2D eigenvalue weighted by Gasteiger charge is -2.26. The zero-order chi connectivity index (χ0) is 63.3. The van der Waals surface area contributed by atoms with Crippen LogP contribution in [-0.4, -0.2) is 82.3 Å². The molecule has 0 heterocycles. The first-order chi connectivity index (χ1) is 42.6. The van der Waals surface area contributed by atoms with Crippen LogP contribution in [0.15, 0.2) is 85.1 Å². The number of ether oxygens (including phenoxy) is 4. The highest BCUT2D eigenvalue weighted by Crippen LogP contribution is 2.18. The number of hydrogen-bond donors (Lipinski definition) is 0. The molecule has 0 aliphatic carbocycles. The van der Waals surface area contributed by atoms with Crippen molar-refractivity contribution in [3.05, 3.63) is 85.1 Å². The van der Waals surface area contributed by atoms with Gasteiger partial charge in [0.1, 0.15) is 13.2 Å². The highest BCUT2D eigenvalue weighted by atomic mass is 16.7. The monoisotopic (exact) mass is 1220 g/mol. The van der Waals surface area contributed by atoms with Gasteiger partial charge < -0.3 is 33.3 Å². The van der Waals surface area contributed by atoms with Gasteiger partial charge in [-0.25, -0.2) is 0 Å². The molecule has 9 heteroatoms. The number of aliphatic carboxylic acids is 1. The zero-order valence-corrected chi connectivity index (χ0v) is 57.6. The molecule has 0 aromatic rings. The summed E-state index contributed by atoms with van der Waals surface area (Å²) in [6.45, 7) is 4.66. The Bertz CT molecular complexity index is 1700. The molecule has 0 saturated carbocycles. The highest BCUT2D eigenvalue weighted by molar-refractivity contribution is 5.70. The van der Waals surface area contributed by atoms with E-state index in [-0.39, 0.29) is 32.2 Å². The minimum absolute atomic E-state index is 0.144. The molecule has 0 fully saturated rings. The first kappa shape index (κ1) is 83.5. The van der Waals surface area contributed by atoms with E-state index in [4.69, 9.17) is 18.9 Å². The Hall–Kier alpha value is -3.53. The number of nitrogens with zero attached hydrogens (tertiary/aromatic N) is 1. The molecule has 0 rings (SSSR count). The number of esters is 2. The summed E-state index contributed by atoms with van der Waals surface area (Å²) in [6, 6.07) is 0. The van der Waals surface area contributed by atoms with Gasteiger partial charge in [0, 0.05) is 12.8 Å². The molecule has 0 bridgehead atoms. The number of carbonyl (C=O) groups is 3. The molecule has 0 aliphatic rings. The summed E-state index contributed by atoms with van der Waals surface area (Å²) in [5, 5.41) is 11.8. The summed E-state index contributed by atoms with van der Waals surface area (Å²) in [7, 11) is 5.93. The van der Waals surface area contributed by atoms with Crippen molar-refractivity contribution in [2.75, 3.05) is 47.5 Å². The van der Waals surface area contributed by atoms with Crippen molar-refractivity contribution in [1.29, 1.82) is 0 Å². The first-order valence-corrected chi connectivity index (χ1v) is 36.7. The maximum absolute atomic E-state index is 12.9. The Morgan fingerprint density at radius 1 is 0.356 bits per heavy atom. The van der Waals surface area contributed by atoms with Gasteiger partial charge in [0.2, 0.25) is 0 Å². The summed E-state index contributed by atoms with van der Waals surface area (Å²) in [5.41, 5.74) is 0. The van der Waals surface area contributed by atoms with Crippen LogP contribution in [0.3, 0.4) is 0 Å². The summed E-state index contributed by atoms with van der Waals surface area (Å²) >= 11 is 0. The quantitative estimate of drug-likeness (QED) is 0.0195. The summed E-state index contributed by atoms with van der Waals surface area (Å²) < 4.78 is 22.8. The van der Waals surface area contributed by atoms with E-state index < -0.39 is 24.3 Å². The third-order valence-corrected chi connectivity index (χ3v) is 16.1. The molecule has 0 spiro atoms. The number of rotatable bonds is 68. The van der Waals surface area contributed by atoms with E-state index in [2.05, 4.69) is 98.9 Å². The summed E-state index contributed by atoms with van der Waals surface area (Å²) in [4.78, 5) is 37.5. The molecular weight excluding hydrogens is 1080 g/mol. The molecule has 2 unspecified atom stereocenters. The van der Waals surface area contributed by atoms with Crippen LogP contribution >= 0.6 is 0 Å². The largest absolute Gasteiger partial charge is 0.545 e. The molecule has 87 heavy (non-hydrogen) atoms. The van der Waals surface area contributed by atoms with Crippen molar-refractivity contribution in [1.82, 2.24) is 0 Å². The fourth-order valence-corrected chi connectivity index (χ4v) is 10.5. The van der Waals surface area contributed by atoms with E-state index in [1.807, 2.05) is 21.1 Å². The van der Waals surface area contributed by atoms with Crippen molar-refractivity contribution < 1.29 is 42.9 Å². The summed E-state index contributed by atoms with van der Waals surface area (Å²) in [5.74, 6) is -2.28. The standard InChI is InChI=1S/C78H139NO8/c1-6-8-10-12-14-16-18-20-22-24-26-28-30-32-34-35-36-37-38-39-40-41-43-44-46-48-50-52-54-56-58-60-62-64-66-68-75(80)85-72-74(73-86-78(77(82)83)84-71-70-79(3,4)5)87-76(81)69-67-65-63-61-59-57-55-53-51-49-47-45-42-33-31-29-27-25-23-21-19-17-15-13-11-9-7-2/h9,11,15,17,21,23-24,26-27,29,33,42,47,49,74,78H,6-8,10,12-14,16,18-20,22,25,28,30-32,34-41,43-46,48,50-73H2,1-5H3/b11-9-,17-15-,23-21-,26-24-,29-27-,42-33-,49-47-. The second-order valence-corrected chi connectivity index (χ2v) is 25.9. The van der Waals surface area contributed by atoms with Gasteiger partial charge in [-0.2, -0.15) is 0 Å². The third-order valence-electron chi connectivity index (χ3n) is 16.1. The number of carboxylic acids is 1. The van der Waals surface area contributed by atoms with Gasteiger partial charge in [-0.1, -0.05) is 317 Å². The van der Waals surface area contributed by atoms with Gasteiger partial charge >= 0.3 is 11.9 Å². The number of allylic oxidation sites excluding steroid dienone is 14. The second kappa shape index (κ2) is 68.4. The maximum Gasteiger partial charge on any atom is 0.306 e. The lowest BCUT2D eigenvalue weighted by Crippen LogP contribution is -2.44. The number of hydrogen-bond acceptors (Lipinski definition) is 8. The number of quaternary nitrogens is 1. The van der Waals surface area contributed by atoms with E-state index in [0.29, 0.717) is 23.9 Å². The Balaban J connectivity index is 4.06. The van der Waals surface area contributed by atoms with E-state index in [0.717, 1.165) is 83.5 Å². The number of carbonyl (C=O) groups excluding carboxylic acids is 3. The predicted molar refractivity (Wildman–Crippen MR) is 371 cm³/mol. The molecule has 0 N–H and O–H groups in total. The van der Waals surface area contributed by atoms with Gasteiger partial charge in [0.25, 0.3) is 0 Å². The van der Waals surface area contributed by atoms with Crippen LogP contribution in [0, 0.1) is 0 Å². The van der Waals surface area contributed by atoms with Gasteiger partial charge in [-0.3, -0.25) is 9.59 Å². The zero-order valence-electron chi connectivity index (χ0n) is 57.6. The van der Waals surface area contributed by atoms with Gasteiger partial charge in [-0.15, -0.1) is 0 Å². The van der Waals surface area contributed by atoms with Crippen molar-refractivity contribution >= 4 is 17.9 Å². The van der Waals surface area contributed by atoms with Crippen molar-refractivity contribution in [3.8, 4) is 0 Å². The minimum Gasteiger partial charge on any atom is -0.545 e. The van der Waals surface area contributed by atoms with Crippen molar-refractivity contribution in [2.45, 2.75) is 347 Å². The van der Waals surface area contributed by atoms with Crippen LogP contribution in [0.5, 0.6) is 0 Å². The van der Waals surface area contributed by atoms with Crippen LogP contribution in [0.25, 0.3) is 0 Å². The second-order valence-electron chi connectivity index (χ2n) is 25.9. The number of carboxylic acid groups (broad SMARTS) is 1. The van der Waals surface area contributed by atoms with E-state index in [9.17, 15) is 19.5 Å². The Morgan fingerprint density at radius 2 is 0.655 bits per heavy atom. The molecule has 0 aromatic heterocycles. The molecule has 0 aliphatic heterocycles. The fourth-order valence-electron chi connectivity index (χ4n) is 10.5. The molecular formula is C78H139NO8. The first-order valence-electron chi connectivity index (χ1n) is 36.7. The Labute approximate surface area is 538 Å². The summed E-state index contributed by atoms with van der Waals surface area (Å²) in [6.07, 6.45) is 89.7. The van der Waals surface area contributed by atoms with Crippen LogP contribution < -0.4 is 5.11 Å². The van der Waals surface area contributed by atoms with Gasteiger partial charge in [0.15, 0.2) is 12.4 Å². The van der Waals surface area contributed by atoms with E-state index in [1.165, 1.54) is 218 Å². The van der Waals surface area contributed by atoms with E-state index >= 15 is 0 Å².